The summed E-state index contributed by atoms with van der Waals surface area (Å²) in [5, 5.41) is 18.5. The molecule has 4 heteroatoms. The topological polar surface area (TPSA) is 74.6 Å². The van der Waals surface area contributed by atoms with Gasteiger partial charge in [-0.1, -0.05) is 31.4 Å². The number of benzene rings is 1. The Hall–Kier alpha value is -1.84. The molecule has 1 aromatic carbocycles. The van der Waals surface area contributed by atoms with Gasteiger partial charge in [0.2, 0.25) is 0 Å². The highest BCUT2D eigenvalue weighted by Gasteiger charge is 2.27. The molecule has 1 rings (SSSR count). The summed E-state index contributed by atoms with van der Waals surface area (Å²) < 4.78 is 0. The quantitative estimate of drug-likeness (QED) is 0.376. The van der Waals surface area contributed by atoms with Gasteiger partial charge in [0.05, 0.1) is 10.8 Å². The first-order chi connectivity index (χ1) is 13.4. The van der Waals surface area contributed by atoms with Gasteiger partial charge in [-0.25, -0.2) is 0 Å². The number of unbranched alkanes of at least 4 members (excludes halogenated alkanes) is 3. The monoisotopic (exact) mass is 404 g/mol. The van der Waals surface area contributed by atoms with Crippen LogP contribution in [0.3, 0.4) is 0 Å². The van der Waals surface area contributed by atoms with Gasteiger partial charge in [-0.15, -0.1) is 0 Å². The van der Waals surface area contributed by atoms with Gasteiger partial charge < -0.3 is 10.2 Å². The van der Waals surface area contributed by atoms with Crippen LogP contribution in [0.15, 0.2) is 12.1 Å². The van der Waals surface area contributed by atoms with E-state index in [-0.39, 0.29) is 0 Å². The summed E-state index contributed by atoms with van der Waals surface area (Å²) in [4.78, 5) is 22.5. The second kappa shape index (κ2) is 10.8. The van der Waals surface area contributed by atoms with Crippen LogP contribution < -0.4 is 0 Å². The van der Waals surface area contributed by atoms with Gasteiger partial charge >= 0.3 is 11.9 Å². The van der Waals surface area contributed by atoms with E-state index in [4.69, 9.17) is 0 Å². The highest BCUT2D eigenvalue weighted by Crippen LogP contribution is 2.28. The molecule has 0 aromatic heterocycles. The summed E-state index contributed by atoms with van der Waals surface area (Å²) >= 11 is 0. The normalized spacial score (nSPS) is 12.2. The van der Waals surface area contributed by atoms with E-state index in [1.807, 2.05) is 0 Å². The Morgan fingerprint density at radius 2 is 1.03 bits per heavy atom. The molecular weight excluding hydrogens is 364 g/mol. The van der Waals surface area contributed by atoms with Crippen LogP contribution in [0, 0.1) is 24.7 Å². The number of hydrogen-bond donors (Lipinski definition) is 2. The first-order valence-corrected chi connectivity index (χ1v) is 10.9. The molecule has 0 atom stereocenters. The number of carboxylic acids is 2. The zero-order chi connectivity index (χ0) is 22.2. The van der Waals surface area contributed by atoms with Crippen molar-refractivity contribution in [1.29, 1.82) is 0 Å². The Balaban J connectivity index is 2.62. The van der Waals surface area contributed by atoms with Crippen LogP contribution in [0.2, 0.25) is 0 Å². The number of carbonyl (C=O) groups is 2. The average molecular weight is 405 g/mol. The lowest BCUT2D eigenvalue weighted by Gasteiger charge is -2.20. The van der Waals surface area contributed by atoms with Crippen molar-refractivity contribution in [2.75, 3.05) is 0 Å². The van der Waals surface area contributed by atoms with Crippen molar-refractivity contribution in [3.63, 3.8) is 0 Å². The lowest BCUT2D eigenvalue weighted by atomic mass is 9.85. The fourth-order valence-corrected chi connectivity index (χ4v) is 3.75. The first kappa shape index (κ1) is 25.2. The number of aryl methyl sites for hydroxylation is 2. The Labute approximate surface area is 176 Å². The molecule has 29 heavy (non-hydrogen) atoms. The maximum atomic E-state index is 11.3. The number of aliphatic carboxylic acids is 2. The molecule has 0 saturated heterocycles. The van der Waals surface area contributed by atoms with E-state index < -0.39 is 22.8 Å². The number of rotatable bonds is 13. The summed E-state index contributed by atoms with van der Waals surface area (Å²) in [6, 6.07) is 4.37. The molecule has 0 aliphatic carbocycles. The third-order valence-corrected chi connectivity index (χ3v) is 6.26. The van der Waals surface area contributed by atoms with E-state index in [0.717, 1.165) is 44.9 Å². The van der Waals surface area contributed by atoms with E-state index in [1.54, 1.807) is 27.7 Å². The van der Waals surface area contributed by atoms with E-state index in [9.17, 15) is 19.8 Å². The Morgan fingerprint density at radius 1 is 0.690 bits per heavy atom. The van der Waals surface area contributed by atoms with Gasteiger partial charge in [0.15, 0.2) is 0 Å². The summed E-state index contributed by atoms with van der Waals surface area (Å²) in [5.74, 6) is -1.45. The Morgan fingerprint density at radius 3 is 1.41 bits per heavy atom. The minimum absolute atomic E-state index is 0.645. The predicted octanol–water partition coefficient (Wildman–Crippen LogP) is 6.34. The second-order valence-electron chi connectivity index (χ2n) is 9.80. The maximum absolute atomic E-state index is 11.3. The highest BCUT2D eigenvalue weighted by molar-refractivity contribution is 5.73. The van der Waals surface area contributed by atoms with Crippen LogP contribution in [0.25, 0.3) is 0 Å². The number of hydrogen-bond acceptors (Lipinski definition) is 2. The van der Waals surface area contributed by atoms with Crippen LogP contribution >= 0.6 is 0 Å². The van der Waals surface area contributed by atoms with Crippen LogP contribution in [0.4, 0.5) is 0 Å². The van der Waals surface area contributed by atoms with Crippen molar-refractivity contribution in [3.05, 3.63) is 34.4 Å². The molecule has 0 aliphatic rings. The standard InChI is InChI=1S/C25H40O4/c1-18-14-15-19(2)21(13-9-11-17-25(5,6)23(28)29)20(18)12-8-7-10-16-24(3,4)22(26)27/h14-15H,7-13,16-17H2,1-6H3,(H,26,27)(H,28,29). The van der Waals surface area contributed by atoms with E-state index >= 15 is 0 Å². The summed E-state index contributed by atoms with van der Waals surface area (Å²) in [6.45, 7) is 11.5. The smallest absolute Gasteiger partial charge is 0.309 e. The third-order valence-electron chi connectivity index (χ3n) is 6.26. The molecule has 0 radical (unpaired) electrons. The molecule has 2 N–H and O–H groups in total. The lowest BCUT2D eigenvalue weighted by molar-refractivity contribution is -0.148. The molecule has 0 amide bonds. The van der Waals surface area contributed by atoms with Gasteiger partial charge in [0, 0.05) is 0 Å². The van der Waals surface area contributed by atoms with Gasteiger partial charge in [-0.05, 0) is 102 Å². The van der Waals surface area contributed by atoms with Crippen LogP contribution in [-0.4, -0.2) is 22.2 Å². The summed E-state index contributed by atoms with van der Waals surface area (Å²) in [6.07, 6.45) is 8.38. The largest absolute Gasteiger partial charge is 0.481 e. The predicted molar refractivity (Wildman–Crippen MR) is 118 cm³/mol. The Kier molecular flexibility index (Phi) is 9.38. The number of carboxylic acid groups (broad SMARTS) is 2. The van der Waals surface area contributed by atoms with E-state index in [1.165, 1.54) is 22.3 Å². The molecule has 0 spiro atoms. The van der Waals surface area contributed by atoms with Gasteiger partial charge in [0.1, 0.15) is 0 Å². The van der Waals surface area contributed by atoms with Crippen molar-refractivity contribution in [2.45, 2.75) is 99.3 Å². The lowest BCUT2D eigenvalue weighted by Crippen LogP contribution is -2.23. The summed E-state index contributed by atoms with van der Waals surface area (Å²) in [5.41, 5.74) is 4.18. The molecule has 0 saturated carbocycles. The molecule has 0 fully saturated rings. The maximum Gasteiger partial charge on any atom is 0.309 e. The molecule has 4 nitrogen and oxygen atoms in total. The molecule has 0 unspecified atom stereocenters. The van der Waals surface area contributed by atoms with Crippen molar-refractivity contribution in [3.8, 4) is 0 Å². The van der Waals surface area contributed by atoms with Gasteiger partial charge in [0.25, 0.3) is 0 Å². The zero-order valence-corrected chi connectivity index (χ0v) is 19.2. The van der Waals surface area contributed by atoms with Gasteiger partial charge in [-0.2, -0.15) is 0 Å². The van der Waals surface area contributed by atoms with Crippen LogP contribution in [0.1, 0.15) is 94.9 Å². The second-order valence-corrected chi connectivity index (χ2v) is 9.80. The molecule has 164 valence electrons. The third kappa shape index (κ3) is 7.83. The summed E-state index contributed by atoms with van der Waals surface area (Å²) in [7, 11) is 0. The molecular formula is C25H40O4. The van der Waals surface area contributed by atoms with E-state index in [0.29, 0.717) is 12.8 Å². The fourth-order valence-electron chi connectivity index (χ4n) is 3.75. The SMILES string of the molecule is Cc1ccc(C)c(CCCCC(C)(C)C(=O)O)c1CCCCCC(C)(C)C(=O)O. The Bertz CT molecular complexity index is 701. The highest BCUT2D eigenvalue weighted by atomic mass is 16.4. The average Bonchev–Trinajstić information content (AvgIpc) is 2.62. The fraction of sp³-hybridized carbons (Fsp3) is 0.680. The van der Waals surface area contributed by atoms with Crippen LogP contribution in [-0.2, 0) is 22.4 Å². The van der Waals surface area contributed by atoms with Crippen molar-refractivity contribution >= 4 is 11.9 Å². The van der Waals surface area contributed by atoms with Crippen molar-refractivity contribution in [1.82, 2.24) is 0 Å². The first-order valence-electron chi connectivity index (χ1n) is 10.9. The zero-order valence-electron chi connectivity index (χ0n) is 19.2. The molecule has 0 heterocycles. The molecule has 1 aromatic rings. The van der Waals surface area contributed by atoms with Gasteiger partial charge in [-0.3, -0.25) is 9.59 Å². The van der Waals surface area contributed by atoms with Crippen molar-refractivity contribution in [2.24, 2.45) is 10.8 Å². The molecule has 0 aliphatic heterocycles. The van der Waals surface area contributed by atoms with Crippen molar-refractivity contribution < 1.29 is 19.8 Å². The van der Waals surface area contributed by atoms with Crippen LogP contribution in [0.5, 0.6) is 0 Å². The van der Waals surface area contributed by atoms with E-state index in [2.05, 4.69) is 26.0 Å². The molecule has 0 bridgehead atoms. The minimum Gasteiger partial charge on any atom is -0.481 e. The minimum atomic E-state index is -0.726.